The molecule has 2 aromatic carbocycles. The Morgan fingerprint density at radius 3 is 2.68 bits per heavy atom. The fourth-order valence-electron chi connectivity index (χ4n) is 2.65. The van der Waals surface area contributed by atoms with E-state index in [1.807, 2.05) is 24.3 Å². The molecule has 3 aromatic rings. The third kappa shape index (κ3) is 4.53. The van der Waals surface area contributed by atoms with Crippen LogP contribution in [-0.2, 0) is 13.0 Å². The highest BCUT2D eigenvalue weighted by atomic mass is 16.5. The van der Waals surface area contributed by atoms with Gasteiger partial charge in [-0.2, -0.15) is 15.0 Å². The lowest BCUT2D eigenvalue weighted by atomic mass is 10.1. The number of carbonyl (C=O) groups is 1. The Morgan fingerprint density at radius 1 is 1.11 bits per heavy atom. The highest BCUT2D eigenvalue weighted by Crippen LogP contribution is 2.28. The van der Waals surface area contributed by atoms with Crippen LogP contribution < -0.4 is 20.5 Å². The summed E-state index contributed by atoms with van der Waals surface area (Å²) < 4.78 is 11.0. The second-order valence-corrected chi connectivity index (χ2v) is 5.89. The first-order valence-corrected chi connectivity index (χ1v) is 8.74. The van der Waals surface area contributed by atoms with Gasteiger partial charge in [0.05, 0.1) is 7.11 Å². The van der Waals surface area contributed by atoms with Crippen LogP contribution in [0.4, 0.5) is 17.6 Å². The van der Waals surface area contributed by atoms with Gasteiger partial charge in [-0.3, -0.25) is 4.79 Å². The van der Waals surface area contributed by atoms with Crippen molar-refractivity contribution < 1.29 is 14.3 Å². The van der Waals surface area contributed by atoms with Gasteiger partial charge < -0.3 is 20.5 Å². The van der Waals surface area contributed by atoms with E-state index in [1.165, 1.54) is 7.11 Å². The summed E-state index contributed by atoms with van der Waals surface area (Å²) in [4.78, 5) is 23.6. The molecule has 0 atom stereocenters. The third-order valence-corrected chi connectivity index (χ3v) is 4.02. The number of ether oxygens (including phenoxy) is 2. The number of rotatable bonds is 8. The van der Waals surface area contributed by atoms with Gasteiger partial charge in [-0.1, -0.05) is 25.1 Å². The van der Waals surface area contributed by atoms with Gasteiger partial charge in [0, 0.05) is 11.3 Å². The van der Waals surface area contributed by atoms with E-state index in [9.17, 15) is 4.79 Å². The summed E-state index contributed by atoms with van der Waals surface area (Å²) in [7, 11) is 1.52. The Labute approximate surface area is 162 Å². The van der Waals surface area contributed by atoms with E-state index in [0.29, 0.717) is 28.8 Å². The molecule has 0 fully saturated rings. The minimum absolute atomic E-state index is 0.0372. The number of para-hydroxylation sites is 1. The molecule has 0 unspecified atom stereocenters. The minimum Gasteiger partial charge on any atom is -0.493 e. The summed E-state index contributed by atoms with van der Waals surface area (Å²) in [6.07, 6.45) is 1.60. The highest BCUT2D eigenvalue weighted by Gasteiger charge is 2.10. The number of hydrogen-bond acceptors (Lipinski definition) is 8. The number of aldehydes is 1. The third-order valence-electron chi connectivity index (χ3n) is 4.02. The van der Waals surface area contributed by atoms with Gasteiger partial charge in [0.1, 0.15) is 12.9 Å². The van der Waals surface area contributed by atoms with Crippen molar-refractivity contribution in [2.24, 2.45) is 0 Å². The summed E-state index contributed by atoms with van der Waals surface area (Å²) in [5, 5.41) is 3.17. The van der Waals surface area contributed by atoms with E-state index in [0.717, 1.165) is 24.0 Å². The van der Waals surface area contributed by atoms with Crippen molar-refractivity contribution in [2.45, 2.75) is 20.0 Å². The van der Waals surface area contributed by atoms with Crippen LogP contribution in [0.5, 0.6) is 11.5 Å². The van der Waals surface area contributed by atoms with Crippen molar-refractivity contribution in [1.29, 1.82) is 0 Å². The summed E-state index contributed by atoms with van der Waals surface area (Å²) in [5.41, 5.74) is 8.34. The molecule has 8 heteroatoms. The standard InChI is InChI=1S/C20H21N5O3/c1-3-14-6-4-5-7-15(14)22-20-24-18(23-19(21)25-20)12-28-17-10-13(11-26)8-9-16(17)27-2/h4-11H,3,12H2,1-2H3,(H3,21,22,23,24,25). The van der Waals surface area contributed by atoms with Crippen molar-refractivity contribution in [3.63, 3.8) is 0 Å². The lowest BCUT2D eigenvalue weighted by Gasteiger charge is -2.12. The van der Waals surface area contributed by atoms with Crippen LogP contribution in [0, 0.1) is 0 Å². The molecule has 3 N–H and O–H groups in total. The number of hydrogen-bond donors (Lipinski definition) is 2. The van der Waals surface area contributed by atoms with E-state index in [4.69, 9.17) is 15.2 Å². The molecule has 1 aromatic heterocycles. The molecule has 0 saturated heterocycles. The Balaban J connectivity index is 1.80. The van der Waals surface area contributed by atoms with Crippen LogP contribution in [-0.4, -0.2) is 28.3 Å². The maximum absolute atomic E-state index is 11.0. The second kappa shape index (κ2) is 8.81. The molecule has 144 valence electrons. The number of nitrogens with zero attached hydrogens (tertiary/aromatic N) is 3. The molecule has 0 aliphatic heterocycles. The molecule has 0 amide bonds. The molecule has 0 aliphatic rings. The first kappa shape index (κ1) is 19.1. The van der Waals surface area contributed by atoms with E-state index >= 15 is 0 Å². The van der Waals surface area contributed by atoms with Crippen LogP contribution in [0.1, 0.15) is 28.7 Å². The van der Waals surface area contributed by atoms with Crippen molar-refractivity contribution in [3.8, 4) is 11.5 Å². The lowest BCUT2D eigenvalue weighted by Crippen LogP contribution is -2.10. The van der Waals surface area contributed by atoms with Crippen LogP contribution in [0.25, 0.3) is 0 Å². The molecule has 8 nitrogen and oxygen atoms in total. The molecular formula is C20H21N5O3. The molecular weight excluding hydrogens is 358 g/mol. The smallest absolute Gasteiger partial charge is 0.232 e. The van der Waals surface area contributed by atoms with Gasteiger partial charge in [-0.15, -0.1) is 0 Å². The summed E-state index contributed by atoms with van der Waals surface area (Å²) in [6, 6.07) is 12.8. The zero-order valence-electron chi connectivity index (χ0n) is 15.7. The Morgan fingerprint density at radius 2 is 1.93 bits per heavy atom. The summed E-state index contributed by atoms with van der Waals surface area (Å²) in [6.45, 7) is 2.11. The SMILES string of the molecule is CCc1ccccc1Nc1nc(N)nc(COc2cc(C=O)ccc2OC)n1. The fourth-order valence-corrected chi connectivity index (χ4v) is 2.65. The largest absolute Gasteiger partial charge is 0.493 e. The molecule has 1 heterocycles. The number of nitrogens with two attached hydrogens (primary N) is 1. The van der Waals surface area contributed by atoms with Gasteiger partial charge in [0.25, 0.3) is 0 Å². The van der Waals surface area contributed by atoms with Crippen molar-refractivity contribution in [3.05, 3.63) is 59.4 Å². The normalized spacial score (nSPS) is 10.4. The maximum Gasteiger partial charge on any atom is 0.232 e. The number of methoxy groups -OCH3 is 1. The molecule has 0 aliphatic carbocycles. The average Bonchev–Trinajstić information content (AvgIpc) is 2.72. The van der Waals surface area contributed by atoms with E-state index in [-0.39, 0.29) is 12.6 Å². The first-order valence-electron chi connectivity index (χ1n) is 8.74. The molecule has 3 rings (SSSR count). The number of nitrogen functional groups attached to an aromatic ring is 1. The van der Waals surface area contributed by atoms with Crippen LogP contribution in [0.2, 0.25) is 0 Å². The quantitative estimate of drug-likeness (QED) is 0.574. The highest BCUT2D eigenvalue weighted by molar-refractivity contribution is 5.76. The Kier molecular flexibility index (Phi) is 6.01. The van der Waals surface area contributed by atoms with Crippen LogP contribution in [0.3, 0.4) is 0 Å². The summed E-state index contributed by atoms with van der Waals surface area (Å²) in [5.74, 6) is 1.68. The Hall–Kier alpha value is -3.68. The number of aryl methyl sites for hydroxylation is 1. The van der Waals surface area contributed by atoms with Gasteiger partial charge in [0.2, 0.25) is 11.9 Å². The zero-order chi connectivity index (χ0) is 19.9. The molecule has 0 bridgehead atoms. The maximum atomic E-state index is 11.0. The van der Waals surface area contributed by atoms with E-state index in [2.05, 4.69) is 27.2 Å². The summed E-state index contributed by atoms with van der Waals surface area (Å²) >= 11 is 0. The predicted molar refractivity (Wildman–Crippen MR) is 106 cm³/mol. The van der Waals surface area contributed by atoms with E-state index < -0.39 is 0 Å². The van der Waals surface area contributed by atoms with Gasteiger partial charge in [-0.05, 0) is 36.2 Å². The second-order valence-electron chi connectivity index (χ2n) is 5.89. The average molecular weight is 379 g/mol. The molecule has 28 heavy (non-hydrogen) atoms. The number of aromatic nitrogens is 3. The Bertz CT molecular complexity index is 978. The zero-order valence-corrected chi connectivity index (χ0v) is 15.7. The van der Waals surface area contributed by atoms with Gasteiger partial charge in [0.15, 0.2) is 17.3 Å². The predicted octanol–water partition coefficient (Wildman–Crippen LogP) is 3.16. The fraction of sp³-hybridized carbons (Fsp3) is 0.200. The number of nitrogens with one attached hydrogen (secondary N) is 1. The van der Waals surface area contributed by atoms with E-state index in [1.54, 1.807) is 18.2 Å². The van der Waals surface area contributed by atoms with Crippen LogP contribution in [0.15, 0.2) is 42.5 Å². The van der Waals surface area contributed by atoms with Gasteiger partial charge in [-0.25, -0.2) is 0 Å². The molecule has 0 saturated carbocycles. The van der Waals surface area contributed by atoms with Gasteiger partial charge >= 0.3 is 0 Å². The molecule has 0 spiro atoms. The number of carbonyl (C=O) groups excluding carboxylic acids is 1. The van der Waals surface area contributed by atoms with Crippen molar-refractivity contribution in [1.82, 2.24) is 15.0 Å². The number of anilines is 3. The van der Waals surface area contributed by atoms with Crippen molar-refractivity contribution in [2.75, 3.05) is 18.2 Å². The van der Waals surface area contributed by atoms with Crippen molar-refractivity contribution >= 4 is 23.9 Å². The lowest BCUT2D eigenvalue weighted by molar-refractivity contribution is 0.112. The molecule has 0 radical (unpaired) electrons. The topological polar surface area (TPSA) is 112 Å². The van der Waals surface area contributed by atoms with Crippen LogP contribution >= 0.6 is 0 Å². The minimum atomic E-state index is 0.0372. The number of benzene rings is 2. The first-order chi connectivity index (χ1) is 13.6. The monoisotopic (exact) mass is 379 g/mol.